The molecule has 0 radical (unpaired) electrons. The maximum Gasteiger partial charge on any atom is 0.389 e. The number of nitrogens with one attached hydrogen (secondary N) is 1. The number of hydrogen-bond donors (Lipinski definition) is 2. The van der Waals surface area contributed by atoms with Crippen LogP contribution >= 0.6 is 23.1 Å². The van der Waals surface area contributed by atoms with Crippen LogP contribution in [-0.4, -0.2) is 24.8 Å². The highest BCUT2D eigenvalue weighted by atomic mass is 32.2. The number of thiophene rings is 1. The molecule has 0 unspecified atom stereocenters. The third-order valence-corrected chi connectivity index (χ3v) is 4.82. The Morgan fingerprint density at radius 1 is 1.40 bits per heavy atom. The molecule has 1 rings (SSSR count). The summed E-state index contributed by atoms with van der Waals surface area (Å²) in [5.74, 6) is -0.104. The van der Waals surface area contributed by atoms with Gasteiger partial charge in [0.1, 0.15) is 5.00 Å². The van der Waals surface area contributed by atoms with Crippen molar-refractivity contribution in [3.8, 4) is 0 Å². The van der Waals surface area contributed by atoms with E-state index in [1.165, 1.54) is 30.0 Å². The number of unbranched alkanes of at least 4 members (excludes halogenated alkanes) is 1. The molecule has 1 aromatic heterocycles. The fourth-order valence-corrected chi connectivity index (χ4v) is 3.62. The van der Waals surface area contributed by atoms with E-state index >= 15 is 0 Å². The molecular formula is C12H17F3N2OS2. The third kappa shape index (κ3) is 4.90. The molecule has 0 aliphatic heterocycles. The summed E-state index contributed by atoms with van der Waals surface area (Å²) in [5.41, 5.74) is 6.33. The van der Waals surface area contributed by atoms with Gasteiger partial charge in [-0.2, -0.15) is 13.2 Å². The van der Waals surface area contributed by atoms with Crippen LogP contribution in [0.25, 0.3) is 0 Å². The molecule has 3 nitrogen and oxygen atoms in total. The predicted octanol–water partition coefficient (Wildman–Crippen LogP) is 4.40. The number of halogens is 3. The smallest absolute Gasteiger partial charge is 0.389 e. The summed E-state index contributed by atoms with van der Waals surface area (Å²) in [5, 5.41) is 3.82. The van der Waals surface area contributed by atoms with Crippen molar-refractivity contribution >= 4 is 39.6 Å². The first-order valence-electron chi connectivity index (χ1n) is 6.04. The number of rotatable bonds is 7. The van der Waals surface area contributed by atoms with E-state index in [0.717, 1.165) is 9.90 Å². The number of carbonyl (C=O) groups is 1. The molecular weight excluding hydrogens is 309 g/mol. The minimum absolute atomic E-state index is 0.0888. The van der Waals surface area contributed by atoms with Crippen LogP contribution in [-0.2, 0) is 0 Å². The third-order valence-electron chi connectivity index (χ3n) is 2.60. The summed E-state index contributed by atoms with van der Waals surface area (Å²) in [6.45, 7) is 1.88. The van der Waals surface area contributed by atoms with Crippen LogP contribution in [0.3, 0.4) is 0 Å². The van der Waals surface area contributed by atoms with Gasteiger partial charge in [0, 0.05) is 19.9 Å². The van der Waals surface area contributed by atoms with E-state index in [1.54, 1.807) is 0 Å². The van der Waals surface area contributed by atoms with Gasteiger partial charge < -0.3 is 11.1 Å². The second-order valence-corrected chi connectivity index (χ2v) is 6.10. The van der Waals surface area contributed by atoms with Gasteiger partial charge in [-0.3, -0.25) is 4.79 Å². The number of alkyl halides is 3. The molecule has 1 heterocycles. The molecule has 0 saturated heterocycles. The van der Waals surface area contributed by atoms with Gasteiger partial charge in [-0.25, -0.2) is 0 Å². The number of nitrogen functional groups attached to an aromatic ring is 1. The number of hydrogen-bond acceptors (Lipinski definition) is 5. The van der Waals surface area contributed by atoms with Crippen LogP contribution in [0.2, 0.25) is 0 Å². The Morgan fingerprint density at radius 3 is 2.55 bits per heavy atom. The first-order valence-corrected chi connectivity index (χ1v) is 8.08. The Labute approximate surface area is 124 Å². The van der Waals surface area contributed by atoms with Crippen LogP contribution in [0.5, 0.6) is 0 Å². The van der Waals surface area contributed by atoms with Crippen molar-refractivity contribution in [1.29, 1.82) is 0 Å². The highest BCUT2D eigenvalue weighted by Gasteiger charge is 2.25. The van der Waals surface area contributed by atoms with E-state index in [0.29, 0.717) is 23.5 Å². The van der Waals surface area contributed by atoms with Crippen molar-refractivity contribution in [3.05, 3.63) is 4.88 Å². The van der Waals surface area contributed by atoms with Crippen LogP contribution in [0, 0.1) is 0 Å². The molecule has 0 aliphatic rings. The number of Topliss-reactive ketones (excluding diaryl/α,β-unsaturated/α-hetero) is 1. The highest BCUT2D eigenvalue weighted by Crippen LogP contribution is 2.41. The number of thioether (sulfide) groups is 1. The molecule has 20 heavy (non-hydrogen) atoms. The molecule has 0 aliphatic carbocycles. The number of carbonyl (C=O) groups excluding carboxylic acids is 1. The summed E-state index contributed by atoms with van der Waals surface area (Å²) < 4.78 is 36.0. The van der Waals surface area contributed by atoms with Gasteiger partial charge in [0.25, 0.3) is 0 Å². The molecule has 0 saturated carbocycles. The van der Waals surface area contributed by atoms with Gasteiger partial charge in [-0.15, -0.1) is 23.1 Å². The molecule has 0 atom stereocenters. The Kier molecular flexibility index (Phi) is 6.19. The summed E-state index contributed by atoms with van der Waals surface area (Å²) in [4.78, 5) is 12.7. The largest absolute Gasteiger partial charge is 0.396 e. The van der Waals surface area contributed by atoms with Crippen molar-refractivity contribution in [3.63, 3.8) is 0 Å². The molecule has 0 bridgehead atoms. The van der Waals surface area contributed by atoms with Crippen molar-refractivity contribution in [2.75, 3.05) is 23.9 Å². The SMILES string of the molecule is CSc1c(NCCCCC(F)(F)F)sc(C(C)=O)c1N. The zero-order valence-electron chi connectivity index (χ0n) is 11.3. The molecule has 0 aromatic carbocycles. The Bertz CT molecular complexity index is 472. The maximum atomic E-state index is 12.0. The molecule has 0 amide bonds. The fraction of sp³-hybridized carbons (Fsp3) is 0.583. The van der Waals surface area contributed by atoms with E-state index in [4.69, 9.17) is 5.73 Å². The first kappa shape index (κ1) is 17.2. The van der Waals surface area contributed by atoms with Gasteiger partial charge in [0.15, 0.2) is 5.78 Å². The Morgan fingerprint density at radius 2 is 2.05 bits per heavy atom. The predicted molar refractivity (Wildman–Crippen MR) is 78.9 cm³/mol. The number of ketones is 1. The minimum Gasteiger partial charge on any atom is -0.396 e. The second-order valence-electron chi connectivity index (χ2n) is 4.26. The van der Waals surface area contributed by atoms with Crippen molar-refractivity contribution < 1.29 is 18.0 Å². The summed E-state index contributed by atoms with van der Waals surface area (Å²) >= 11 is 2.67. The molecule has 114 valence electrons. The van der Waals surface area contributed by atoms with Crippen molar-refractivity contribution in [2.24, 2.45) is 0 Å². The van der Waals surface area contributed by atoms with E-state index in [1.807, 2.05) is 6.26 Å². The van der Waals surface area contributed by atoms with Crippen LogP contribution in [0.15, 0.2) is 4.90 Å². The lowest BCUT2D eigenvalue weighted by atomic mass is 10.2. The molecule has 3 N–H and O–H groups in total. The monoisotopic (exact) mass is 326 g/mol. The second kappa shape index (κ2) is 7.21. The van der Waals surface area contributed by atoms with Gasteiger partial charge in [0.05, 0.1) is 15.5 Å². The van der Waals surface area contributed by atoms with E-state index in [-0.39, 0.29) is 12.2 Å². The zero-order valence-corrected chi connectivity index (χ0v) is 12.9. The molecule has 0 spiro atoms. The Balaban J connectivity index is 2.56. The molecule has 8 heteroatoms. The Hall–Kier alpha value is -0.890. The fourth-order valence-electron chi connectivity index (χ4n) is 1.66. The number of nitrogens with two attached hydrogens (primary N) is 1. The zero-order chi connectivity index (χ0) is 15.3. The lowest BCUT2D eigenvalue weighted by Crippen LogP contribution is -2.08. The highest BCUT2D eigenvalue weighted by molar-refractivity contribution is 7.99. The van der Waals surface area contributed by atoms with E-state index < -0.39 is 12.6 Å². The topological polar surface area (TPSA) is 55.1 Å². The minimum atomic E-state index is -4.10. The van der Waals surface area contributed by atoms with Gasteiger partial charge in [-0.1, -0.05) is 0 Å². The standard InChI is InChI=1S/C12H17F3N2OS2/c1-7(18)9-8(16)10(19-2)11(20-9)17-6-4-3-5-12(13,14)15/h17H,3-6,16H2,1-2H3. The van der Waals surface area contributed by atoms with E-state index in [2.05, 4.69) is 5.32 Å². The first-order chi connectivity index (χ1) is 9.26. The molecule has 0 fully saturated rings. The van der Waals surface area contributed by atoms with Gasteiger partial charge >= 0.3 is 6.18 Å². The van der Waals surface area contributed by atoms with Gasteiger partial charge in [0.2, 0.25) is 0 Å². The summed E-state index contributed by atoms with van der Waals surface area (Å²) in [6.07, 6.45) is -2.52. The average Bonchev–Trinajstić information content (AvgIpc) is 2.64. The average molecular weight is 326 g/mol. The summed E-state index contributed by atoms with van der Waals surface area (Å²) in [7, 11) is 0. The van der Waals surface area contributed by atoms with Crippen molar-refractivity contribution in [1.82, 2.24) is 0 Å². The van der Waals surface area contributed by atoms with Crippen LogP contribution in [0.1, 0.15) is 35.9 Å². The maximum absolute atomic E-state index is 12.0. The molecule has 1 aromatic rings. The van der Waals surface area contributed by atoms with Gasteiger partial charge in [-0.05, 0) is 19.1 Å². The summed E-state index contributed by atoms with van der Waals surface area (Å²) in [6, 6.07) is 0. The van der Waals surface area contributed by atoms with Crippen LogP contribution < -0.4 is 11.1 Å². The van der Waals surface area contributed by atoms with Crippen molar-refractivity contribution in [2.45, 2.75) is 37.3 Å². The van der Waals surface area contributed by atoms with E-state index in [9.17, 15) is 18.0 Å². The van der Waals surface area contributed by atoms with Crippen LogP contribution in [0.4, 0.5) is 23.9 Å². The lowest BCUT2D eigenvalue weighted by molar-refractivity contribution is -0.135. The quantitative estimate of drug-likeness (QED) is 0.443. The lowest BCUT2D eigenvalue weighted by Gasteiger charge is -2.08. The number of anilines is 2. The normalized spacial score (nSPS) is 11.7.